The van der Waals surface area contributed by atoms with Gasteiger partial charge in [0.1, 0.15) is 0 Å². The minimum atomic E-state index is 0.202. The van der Waals surface area contributed by atoms with Gasteiger partial charge in [-0.05, 0) is 38.7 Å². The summed E-state index contributed by atoms with van der Waals surface area (Å²) in [6.45, 7) is 1.89. The zero-order valence-electron chi connectivity index (χ0n) is 11.4. The van der Waals surface area contributed by atoms with Gasteiger partial charge in [-0.25, -0.2) is 4.98 Å². The predicted molar refractivity (Wildman–Crippen MR) is 77.0 cm³/mol. The van der Waals surface area contributed by atoms with Gasteiger partial charge >= 0.3 is 0 Å². The maximum Gasteiger partial charge on any atom is 0.213 e. The predicted octanol–water partition coefficient (Wildman–Crippen LogP) is 3.26. The first kappa shape index (κ1) is 13.0. The molecule has 3 nitrogen and oxygen atoms in total. The fourth-order valence-corrected chi connectivity index (χ4v) is 4.98. The number of carbonyl (C=O) groups excluding carboxylic acids is 1. The normalized spacial score (nSPS) is 29.3. The summed E-state index contributed by atoms with van der Waals surface area (Å²) in [5, 5.41) is 1.42. The lowest BCUT2D eigenvalue weighted by molar-refractivity contribution is 0.0905. The molecular weight excluding hydrogens is 258 g/mol. The third-order valence-corrected chi connectivity index (χ3v) is 5.82. The van der Waals surface area contributed by atoms with Crippen LogP contribution < -0.4 is 4.74 Å². The van der Waals surface area contributed by atoms with E-state index < -0.39 is 0 Å². The molecule has 19 heavy (non-hydrogen) atoms. The van der Waals surface area contributed by atoms with Crippen molar-refractivity contribution in [2.45, 2.75) is 43.1 Å². The van der Waals surface area contributed by atoms with Crippen LogP contribution in [0.1, 0.15) is 41.7 Å². The van der Waals surface area contributed by atoms with Crippen molar-refractivity contribution in [2.24, 2.45) is 5.92 Å². The lowest BCUT2D eigenvalue weighted by Crippen LogP contribution is -2.25. The molecule has 0 spiro atoms. The number of thioether (sulfide) groups is 1. The summed E-state index contributed by atoms with van der Waals surface area (Å²) >= 11 is 2.09. The van der Waals surface area contributed by atoms with Crippen LogP contribution in [0.25, 0.3) is 0 Å². The van der Waals surface area contributed by atoms with Gasteiger partial charge < -0.3 is 4.74 Å². The van der Waals surface area contributed by atoms with E-state index in [-0.39, 0.29) is 11.7 Å². The fourth-order valence-electron chi connectivity index (χ4n) is 3.20. The second-order valence-electron chi connectivity index (χ2n) is 5.48. The topological polar surface area (TPSA) is 39.2 Å². The van der Waals surface area contributed by atoms with Crippen molar-refractivity contribution in [1.29, 1.82) is 0 Å². The van der Waals surface area contributed by atoms with Crippen molar-refractivity contribution in [3.05, 3.63) is 23.4 Å². The van der Waals surface area contributed by atoms with Crippen LogP contribution in [0.4, 0.5) is 0 Å². The molecule has 0 amide bonds. The van der Waals surface area contributed by atoms with Gasteiger partial charge in [0.15, 0.2) is 5.78 Å². The smallest absolute Gasteiger partial charge is 0.213 e. The number of hydrogen-bond acceptors (Lipinski definition) is 4. The minimum absolute atomic E-state index is 0.202. The van der Waals surface area contributed by atoms with Gasteiger partial charge in [-0.3, -0.25) is 4.79 Å². The molecule has 102 valence electrons. The number of pyridine rings is 1. The summed E-state index contributed by atoms with van der Waals surface area (Å²) in [7, 11) is 1.60. The maximum atomic E-state index is 12.6. The molecule has 3 heterocycles. The second kappa shape index (κ2) is 5.16. The molecule has 1 aromatic rings. The maximum absolute atomic E-state index is 12.6. The number of ether oxygens (including phenoxy) is 1. The monoisotopic (exact) mass is 277 g/mol. The summed E-state index contributed by atoms with van der Waals surface area (Å²) in [4.78, 5) is 17.0. The van der Waals surface area contributed by atoms with Gasteiger partial charge in [0.25, 0.3) is 0 Å². The van der Waals surface area contributed by atoms with E-state index in [1.807, 2.05) is 13.0 Å². The van der Waals surface area contributed by atoms with Crippen LogP contribution in [0, 0.1) is 12.8 Å². The molecule has 2 unspecified atom stereocenters. The molecule has 2 saturated heterocycles. The van der Waals surface area contributed by atoms with Crippen molar-refractivity contribution < 1.29 is 9.53 Å². The molecular formula is C15H19NO2S. The van der Waals surface area contributed by atoms with Crippen LogP contribution in [0.3, 0.4) is 0 Å². The van der Waals surface area contributed by atoms with E-state index in [9.17, 15) is 4.79 Å². The number of rotatable bonds is 3. The second-order valence-corrected chi connectivity index (χ2v) is 7.08. The number of hydrogen-bond donors (Lipinski definition) is 0. The van der Waals surface area contributed by atoms with E-state index in [1.54, 1.807) is 13.2 Å². The van der Waals surface area contributed by atoms with Gasteiger partial charge in [-0.1, -0.05) is 0 Å². The van der Waals surface area contributed by atoms with Crippen LogP contribution in [-0.2, 0) is 0 Å². The van der Waals surface area contributed by atoms with Gasteiger partial charge in [0.2, 0.25) is 5.88 Å². The third-order valence-electron chi connectivity index (χ3n) is 4.20. The summed E-state index contributed by atoms with van der Waals surface area (Å²) < 4.78 is 5.09. The molecule has 4 heteroatoms. The molecule has 2 atom stereocenters. The molecule has 1 aromatic heterocycles. The number of ketones is 1. The summed E-state index contributed by atoms with van der Waals surface area (Å²) in [5.74, 6) is 1.06. The molecule has 0 saturated carbocycles. The van der Waals surface area contributed by atoms with Crippen molar-refractivity contribution >= 4 is 17.5 Å². The first-order valence-corrected chi connectivity index (χ1v) is 7.83. The quantitative estimate of drug-likeness (QED) is 0.795. The highest BCUT2D eigenvalue weighted by atomic mass is 32.2. The Morgan fingerprint density at radius 3 is 2.58 bits per heavy atom. The molecule has 3 rings (SSSR count). The first-order valence-electron chi connectivity index (χ1n) is 6.88. The van der Waals surface area contributed by atoms with E-state index in [4.69, 9.17) is 4.74 Å². The molecule has 0 radical (unpaired) electrons. The van der Waals surface area contributed by atoms with E-state index in [2.05, 4.69) is 16.7 Å². The highest BCUT2D eigenvalue weighted by molar-refractivity contribution is 8.00. The molecule has 2 aliphatic rings. The average Bonchev–Trinajstić information content (AvgIpc) is 2.76. The lowest BCUT2D eigenvalue weighted by Gasteiger charge is -2.26. The van der Waals surface area contributed by atoms with Crippen molar-refractivity contribution in [1.82, 2.24) is 4.98 Å². The van der Waals surface area contributed by atoms with Crippen molar-refractivity contribution in [3.8, 4) is 5.88 Å². The first-order chi connectivity index (χ1) is 9.17. The molecule has 0 aliphatic carbocycles. The Morgan fingerprint density at radius 2 is 2.00 bits per heavy atom. The molecule has 2 fully saturated rings. The van der Waals surface area contributed by atoms with Crippen LogP contribution in [0.15, 0.2) is 12.1 Å². The Hall–Kier alpha value is -1.03. The molecule has 0 N–H and O–H groups in total. The number of nitrogens with zero attached hydrogens (tertiary/aromatic N) is 1. The van der Waals surface area contributed by atoms with Crippen LogP contribution in [-0.4, -0.2) is 28.4 Å². The number of methoxy groups -OCH3 is 1. The average molecular weight is 277 g/mol. The van der Waals surface area contributed by atoms with E-state index in [0.717, 1.165) is 24.1 Å². The van der Waals surface area contributed by atoms with E-state index >= 15 is 0 Å². The Morgan fingerprint density at radius 1 is 1.32 bits per heavy atom. The zero-order chi connectivity index (χ0) is 13.4. The molecule has 2 bridgehead atoms. The molecule has 0 aromatic carbocycles. The Labute approximate surface area is 118 Å². The van der Waals surface area contributed by atoms with E-state index in [0.29, 0.717) is 16.4 Å². The number of Topliss-reactive ketones (excluding diaryl/α,β-unsaturated/α-hetero) is 1. The Kier molecular flexibility index (Phi) is 3.52. The Bertz CT molecular complexity index is 491. The zero-order valence-corrected chi connectivity index (χ0v) is 12.2. The Balaban J connectivity index is 1.80. The van der Waals surface area contributed by atoms with Crippen molar-refractivity contribution in [3.63, 3.8) is 0 Å². The van der Waals surface area contributed by atoms with Gasteiger partial charge in [0.05, 0.1) is 12.8 Å². The third kappa shape index (κ3) is 2.50. The van der Waals surface area contributed by atoms with Crippen LogP contribution in [0.5, 0.6) is 5.88 Å². The van der Waals surface area contributed by atoms with Gasteiger partial charge in [-0.2, -0.15) is 11.8 Å². The van der Waals surface area contributed by atoms with Gasteiger partial charge in [-0.15, -0.1) is 0 Å². The SMILES string of the molecule is COc1ccc(C(=O)C2CC3CCC(C2)S3)c(C)n1. The fraction of sp³-hybridized carbons (Fsp3) is 0.600. The van der Waals surface area contributed by atoms with Gasteiger partial charge in [0, 0.05) is 28.0 Å². The summed E-state index contributed by atoms with van der Waals surface area (Å²) in [6.07, 6.45) is 4.68. The van der Waals surface area contributed by atoms with Crippen LogP contribution >= 0.6 is 11.8 Å². The summed E-state index contributed by atoms with van der Waals surface area (Å²) in [5.41, 5.74) is 1.56. The lowest BCUT2D eigenvalue weighted by atomic mass is 9.90. The largest absolute Gasteiger partial charge is 0.481 e. The van der Waals surface area contributed by atoms with E-state index in [1.165, 1.54) is 12.8 Å². The number of carbonyl (C=O) groups is 1. The highest BCUT2D eigenvalue weighted by Crippen LogP contribution is 2.46. The summed E-state index contributed by atoms with van der Waals surface area (Å²) in [6, 6.07) is 3.65. The number of aromatic nitrogens is 1. The standard InChI is InChI=1S/C15H19NO2S/c1-9-13(5-6-14(16-9)18-2)15(17)10-7-11-3-4-12(8-10)19-11/h5-6,10-12H,3-4,7-8H2,1-2H3. The van der Waals surface area contributed by atoms with Crippen molar-refractivity contribution in [2.75, 3.05) is 7.11 Å². The number of aryl methyl sites for hydroxylation is 1. The molecule has 2 aliphatic heterocycles. The van der Waals surface area contributed by atoms with Crippen LogP contribution in [0.2, 0.25) is 0 Å². The minimum Gasteiger partial charge on any atom is -0.481 e. The highest BCUT2D eigenvalue weighted by Gasteiger charge is 2.38. The number of fused-ring (bicyclic) bond motifs is 2.